The molecule has 1 saturated heterocycles. The molecule has 9 nitrogen and oxygen atoms in total. The van der Waals surface area contributed by atoms with E-state index in [0.717, 1.165) is 10.6 Å². The number of hydrogen-bond acceptors (Lipinski definition) is 6. The number of carbonyl (C=O) groups excluding carboxylic acids is 1. The van der Waals surface area contributed by atoms with Crippen LogP contribution in [0.4, 0.5) is 11.4 Å². The minimum atomic E-state index is -3.90. The number of rotatable bonds is 7. The third-order valence-corrected chi connectivity index (χ3v) is 8.76. The van der Waals surface area contributed by atoms with Crippen LogP contribution in [0.2, 0.25) is 15.1 Å². The lowest BCUT2D eigenvalue weighted by Gasteiger charge is -2.26. The number of benzene rings is 2. The summed E-state index contributed by atoms with van der Waals surface area (Å²) in [6, 6.07) is 8.11. The highest BCUT2D eigenvalue weighted by atomic mass is 35.5. The van der Waals surface area contributed by atoms with Crippen molar-refractivity contribution >= 4 is 72.1 Å². The fourth-order valence-electron chi connectivity index (χ4n) is 3.06. The van der Waals surface area contributed by atoms with Crippen LogP contribution >= 0.6 is 34.8 Å². The predicted octanol–water partition coefficient (Wildman–Crippen LogP) is 3.07. The fourth-order valence-corrected chi connectivity index (χ4v) is 6.02. The van der Waals surface area contributed by atoms with Crippen molar-refractivity contribution < 1.29 is 26.4 Å². The number of anilines is 2. The molecule has 0 saturated carbocycles. The lowest BCUT2D eigenvalue weighted by molar-refractivity contribution is -0.114. The third-order valence-electron chi connectivity index (χ3n) is 4.69. The number of halogens is 3. The Morgan fingerprint density at radius 2 is 1.58 bits per heavy atom. The molecule has 2 aromatic rings. The van der Waals surface area contributed by atoms with E-state index in [1.807, 2.05) is 0 Å². The molecule has 1 N–H and O–H groups in total. The van der Waals surface area contributed by atoms with Gasteiger partial charge in [-0.1, -0.05) is 34.8 Å². The molecule has 2 aromatic carbocycles. The zero-order valence-corrected chi connectivity index (χ0v) is 21.2. The van der Waals surface area contributed by atoms with Gasteiger partial charge in [0.1, 0.15) is 6.54 Å². The lowest BCUT2D eigenvalue weighted by atomic mass is 10.3. The van der Waals surface area contributed by atoms with Crippen molar-refractivity contribution in [2.24, 2.45) is 0 Å². The number of carbonyl (C=O) groups is 1. The summed E-state index contributed by atoms with van der Waals surface area (Å²) in [5, 5.41) is 2.75. The van der Waals surface area contributed by atoms with Gasteiger partial charge in [0.2, 0.25) is 26.0 Å². The first-order valence-corrected chi connectivity index (χ1v) is 13.9. The molecule has 1 amide bonds. The molecule has 0 unspecified atom stereocenters. The van der Waals surface area contributed by atoms with E-state index in [9.17, 15) is 21.6 Å². The van der Waals surface area contributed by atoms with Crippen LogP contribution in [0.3, 0.4) is 0 Å². The van der Waals surface area contributed by atoms with Gasteiger partial charge < -0.3 is 10.1 Å². The summed E-state index contributed by atoms with van der Waals surface area (Å²) in [4.78, 5) is 12.6. The van der Waals surface area contributed by atoms with Gasteiger partial charge in [-0.2, -0.15) is 4.31 Å². The van der Waals surface area contributed by atoms with Gasteiger partial charge in [0.25, 0.3) is 0 Å². The van der Waals surface area contributed by atoms with Gasteiger partial charge >= 0.3 is 0 Å². The Morgan fingerprint density at radius 1 is 1.00 bits per heavy atom. The highest BCUT2D eigenvalue weighted by Crippen LogP contribution is 2.35. The Labute approximate surface area is 207 Å². The molecule has 0 atom stereocenters. The normalized spacial score (nSPS) is 15.3. The van der Waals surface area contributed by atoms with Gasteiger partial charge in [0.15, 0.2) is 0 Å². The van der Waals surface area contributed by atoms with Crippen LogP contribution in [0.15, 0.2) is 41.3 Å². The molecule has 0 spiro atoms. The maximum Gasteiger partial charge on any atom is 0.245 e. The highest BCUT2D eigenvalue weighted by Gasteiger charge is 2.27. The smallest absolute Gasteiger partial charge is 0.245 e. The van der Waals surface area contributed by atoms with E-state index in [2.05, 4.69) is 5.32 Å². The average Bonchev–Trinajstić information content (AvgIpc) is 2.75. The number of nitrogens with zero attached hydrogens (tertiary/aromatic N) is 2. The standard InChI is InChI=1S/C19H20Cl3N3O6S2/c1-32(27,28)25(18-11-16(21)15(20)10-17(18)22)12-19(26)23-13-2-4-14(5-3-13)33(29,30)24-6-8-31-9-7-24/h2-5,10-11H,6-9,12H2,1H3,(H,23,26). The van der Waals surface area contributed by atoms with Crippen LogP contribution in [0.25, 0.3) is 0 Å². The van der Waals surface area contributed by atoms with Gasteiger partial charge in [0.05, 0.1) is 45.1 Å². The van der Waals surface area contributed by atoms with E-state index < -0.39 is 32.5 Å². The van der Waals surface area contributed by atoms with Crippen molar-refractivity contribution in [3.8, 4) is 0 Å². The largest absolute Gasteiger partial charge is 0.379 e. The summed E-state index contributed by atoms with van der Waals surface area (Å²) in [5.74, 6) is -0.675. The van der Waals surface area contributed by atoms with Crippen molar-refractivity contribution in [2.45, 2.75) is 4.90 Å². The number of amides is 1. The van der Waals surface area contributed by atoms with E-state index in [1.54, 1.807) is 0 Å². The molecular formula is C19H20Cl3N3O6S2. The second-order valence-corrected chi connectivity index (χ2v) is 12.1. The Balaban J connectivity index is 1.75. The van der Waals surface area contributed by atoms with Crippen LogP contribution in [-0.4, -0.2) is 66.2 Å². The van der Waals surface area contributed by atoms with Gasteiger partial charge in [-0.3, -0.25) is 9.10 Å². The topological polar surface area (TPSA) is 113 Å². The Hall–Kier alpha value is -1.60. The van der Waals surface area contributed by atoms with Crippen LogP contribution in [0.1, 0.15) is 0 Å². The summed E-state index contributed by atoms with van der Waals surface area (Å²) < 4.78 is 57.3. The second-order valence-electron chi connectivity index (χ2n) is 7.08. The zero-order valence-electron chi connectivity index (χ0n) is 17.3. The van der Waals surface area contributed by atoms with Gasteiger partial charge in [0, 0.05) is 18.8 Å². The maximum atomic E-state index is 12.7. The first-order chi connectivity index (χ1) is 15.4. The molecule has 1 aliphatic heterocycles. The van der Waals surface area contributed by atoms with Crippen molar-refractivity contribution in [3.05, 3.63) is 51.5 Å². The van der Waals surface area contributed by atoms with E-state index >= 15 is 0 Å². The van der Waals surface area contributed by atoms with Gasteiger partial charge in [-0.25, -0.2) is 16.8 Å². The predicted molar refractivity (Wildman–Crippen MR) is 128 cm³/mol. The minimum Gasteiger partial charge on any atom is -0.379 e. The molecule has 14 heteroatoms. The molecule has 0 bridgehead atoms. The molecule has 33 heavy (non-hydrogen) atoms. The Bertz CT molecular complexity index is 1250. The molecule has 180 valence electrons. The third kappa shape index (κ3) is 6.30. The molecule has 1 aliphatic rings. The summed E-state index contributed by atoms with van der Waals surface area (Å²) in [5.41, 5.74) is 0.283. The summed E-state index contributed by atoms with van der Waals surface area (Å²) >= 11 is 18.0. The first-order valence-electron chi connectivity index (χ1n) is 9.49. The van der Waals surface area contributed by atoms with Crippen LogP contribution in [0, 0.1) is 0 Å². The van der Waals surface area contributed by atoms with Crippen molar-refractivity contribution in [2.75, 3.05) is 48.7 Å². The van der Waals surface area contributed by atoms with Crippen molar-refractivity contribution in [1.29, 1.82) is 0 Å². The minimum absolute atomic E-state index is 0.000275. The van der Waals surface area contributed by atoms with E-state index in [0.29, 0.717) is 13.2 Å². The summed E-state index contributed by atoms with van der Waals surface area (Å²) in [6.45, 7) is 0.587. The fraction of sp³-hybridized carbons (Fsp3) is 0.316. The number of morpholine rings is 1. The lowest BCUT2D eigenvalue weighted by Crippen LogP contribution is -2.40. The maximum absolute atomic E-state index is 12.7. The zero-order chi connectivity index (χ0) is 24.4. The molecule has 0 aliphatic carbocycles. The van der Waals surface area contributed by atoms with Crippen molar-refractivity contribution in [3.63, 3.8) is 0 Å². The summed E-state index contributed by atoms with van der Waals surface area (Å²) in [7, 11) is -7.58. The van der Waals surface area contributed by atoms with Gasteiger partial charge in [-0.15, -0.1) is 0 Å². The summed E-state index contributed by atoms with van der Waals surface area (Å²) in [6.07, 6.45) is 0.921. The molecular weight excluding hydrogens is 537 g/mol. The Kier molecular flexibility index (Phi) is 8.15. The molecule has 3 rings (SSSR count). The van der Waals surface area contributed by atoms with E-state index in [1.165, 1.54) is 40.7 Å². The van der Waals surface area contributed by atoms with E-state index in [4.69, 9.17) is 39.5 Å². The monoisotopic (exact) mass is 555 g/mol. The average molecular weight is 557 g/mol. The number of sulfonamides is 2. The van der Waals surface area contributed by atoms with Crippen molar-refractivity contribution in [1.82, 2.24) is 4.31 Å². The van der Waals surface area contributed by atoms with Crippen LogP contribution in [0.5, 0.6) is 0 Å². The SMILES string of the molecule is CS(=O)(=O)N(CC(=O)Nc1ccc(S(=O)(=O)N2CCOCC2)cc1)c1cc(Cl)c(Cl)cc1Cl. The van der Waals surface area contributed by atoms with Crippen LogP contribution in [-0.2, 0) is 29.6 Å². The quantitative estimate of drug-likeness (QED) is 0.525. The second kappa shape index (κ2) is 10.3. The van der Waals surface area contributed by atoms with Gasteiger partial charge in [-0.05, 0) is 36.4 Å². The number of ether oxygens (including phenoxy) is 1. The number of nitrogens with one attached hydrogen (secondary N) is 1. The highest BCUT2D eigenvalue weighted by molar-refractivity contribution is 7.92. The molecule has 1 fully saturated rings. The molecule has 0 radical (unpaired) electrons. The molecule has 0 aromatic heterocycles. The Morgan fingerprint density at radius 3 is 2.15 bits per heavy atom. The van der Waals surface area contributed by atoms with Crippen LogP contribution < -0.4 is 9.62 Å². The number of hydrogen-bond donors (Lipinski definition) is 1. The van der Waals surface area contributed by atoms with E-state index in [-0.39, 0.29) is 44.4 Å². The molecule has 1 heterocycles. The first kappa shape index (κ1) is 26.0.